The molecule has 0 spiro atoms. The number of likely N-dealkylation sites (tertiary alicyclic amines) is 1. The molecule has 1 saturated carbocycles. The van der Waals surface area contributed by atoms with E-state index in [0.717, 1.165) is 12.8 Å². The highest BCUT2D eigenvalue weighted by molar-refractivity contribution is 7.89. The minimum atomic E-state index is -3.63. The van der Waals surface area contributed by atoms with E-state index in [2.05, 4.69) is 4.72 Å². The number of carboxylic acids is 1. The van der Waals surface area contributed by atoms with E-state index in [1.165, 1.54) is 12.1 Å². The standard InChI is InChI=1S/C18H24N2O5S/c1-12-11-20(8-7-16(12)18(22)23)17(21)14-3-2-4-15(9-14)26(24,25)19-10-13-5-6-13/h2-4,9,12-13,16,19H,5-8,10-11H2,1H3,(H,22,23). The first-order chi connectivity index (χ1) is 12.3. The number of carbonyl (C=O) groups is 2. The van der Waals surface area contributed by atoms with Crippen LogP contribution in [0.2, 0.25) is 0 Å². The van der Waals surface area contributed by atoms with Crippen molar-refractivity contribution in [2.75, 3.05) is 19.6 Å². The van der Waals surface area contributed by atoms with E-state index in [9.17, 15) is 23.1 Å². The summed E-state index contributed by atoms with van der Waals surface area (Å²) in [5, 5.41) is 9.19. The molecular formula is C18H24N2O5S. The van der Waals surface area contributed by atoms with Gasteiger partial charge >= 0.3 is 5.97 Å². The maximum Gasteiger partial charge on any atom is 0.306 e. The van der Waals surface area contributed by atoms with Crippen molar-refractivity contribution in [1.82, 2.24) is 9.62 Å². The van der Waals surface area contributed by atoms with Gasteiger partial charge in [-0.25, -0.2) is 13.1 Å². The summed E-state index contributed by atoms with van der Waals surface area (Å²) in [5.41, 5.74) is 0.306. The number of nitrogens with zero attached hydrogens (tertiary/aromatic N) is 1. The number of benzene rings is 1. The molecular weight excluding hydrogens is 356 g/mol. The van der Waals surface area contributed by atoms with Crippen molar-refractivity contribution in [3.05, 3.63) is 29.8 Å². The maximum absolute atomic E-state index is 12.7. The summed E-state index contributed by atoms with van der Waals surface area (Å²) in [6.07, 6.45) is 2.50. The minimum absolute atomic E-state index is 0.0810. The molecule has 0 radical (unpaired) electrons. The van der Waals surface area contributed by atoms with Crippen LogP contribution in [-0.4, -0.2) is 49.9 Å². The minimum Gasteiger partial charge on any atom is -0.481 e. The first-order valence-electron chi connectivity index (χ1n) is 8.90. The van der Waals surface area contributed by atoms with Gasteiger partial charge in [0.25, 0.3) is 5.91 Å². The van der Waals surface area contributed by atoms with Gasteiger partial charge in [-0.15, -0.1) is 0 Å². The normalized spacial score (nSPS) is 23.7. The molecule has 7 nitrogen and oxygen atoms in total. The number of carbonyl (C=O) groups excluding carboxylic acids is 1. The van der Waals surface area contributed by atoms with Crippen LogP contribution < -0.4 is 4.72 Å². The zero-order valence-corrected chi connectivity index (χ0v) is 15.5. The Hall–Kier alpha value is -1.93. The van der Waals surface area contributed by atoms with Crippen molar-refractivity contribution in [3.63, 3.8) is 0 Å². The SMILES string of the molecule is CC1CN(C(=O)c2cccc(S(=O)(=O)NCC3CC3)c2)CCC1C(=O)O. The molecule has 1 aliphatic carbocycles. The summed E-state index contributed by atoms with van der Waals surface area (Å²) in [5.74, 6) is -1.26. The second-order valence-corrected chi connectivity index (χ2v) is 9.05. The number of amides is 1. The Morgan fingerprint density at radius 2 is 2.00 bits per heavy atom. The molecule has 1 aromatic carbocycles. The van der Waals surface area contributed by atoms with Gasteiger partial charge in [-0.05, 0) is 49.3 Å². The number of hydrogen-bond acceptors (Lipinski definition) is 4. The van der Waals surface area contributed by atoms with Gasteiger partial charge in [0.05, 0.1) is 10.8 Å². The molecule has 2 unspecified atom stereocenters. The molecule has 3 rings (SSSR count). The summed E-state index contributed by atoms with van der Waals surface area (Å²) in [6.45, 7) is 2.96. The molecule has 1 heterocycles. The molecule has 1 amide bonds. The Morgan fingerprint density at radius 1 is 1.27 bits per heavy atom. The molecule has 0 aromatic heterocycles. The molecule has 26 heavy (non-hydrogen) atoms. The molecule has 2 fully saturated rings. The number of aliphatic carboxylic acids is 1. The van der Waals surface area contributed by atoms with E-state index < -0.39 is 21.9 Å². The van der Waals surface area contributed by atoms with Crippen molar-refractivity contribution < 1.29 is 23.1 Å². The first kappa shape index (κ1) is 18.8. The lowest BCUT2D eigenvalue weighted by molar-refractivity contribution is -0.145. The first-order valence-corrected chi connectivity index (χ1v) is 10.4. The Kier molecular flexibility index (Phi) is 5.34. The van der Waals surface area contributed by atoms with Gasteiger partial charge in [0.2, 0.25) is 10.0 Å². The number of piperidine rings is 1. The van der Waals surface area contributed by atoms with Crippen molar-refractivity contribution in [2.45, 2.75) is 31.1 Å². The molecule has 2 N–H and O–H groups in total. The fourth-order valence-electron chi connectivity index (χ4n) is 3.31. The average Bonchev–Trinajstić information content (AvgIpc) is 3.43. The average molecular weight is 380 g/mol. The van der Waals surface area contributed by atoms with Crippen LogP contribution in [0.15, 0.2) is 29.2 Å². The Bertz CT molecular complexity index is 804. The molecule has 1 aromatic rings. The molecule has 2 atom stereocenters. The fourth-order valence-corrected chi connectivity index (χ4v) is 4.47. The highest BCUT2D eigenvalue weighted by atomic mass is 32.2. The van der Waals surface area contributed by atoms with E-state index in [-0.39, 0.29) is 16.7 Å². The largest absolute Gasteiger partial charge is 0.481 e. The van der Waals surface area contributed by atoms with Gasteiger partial charge < -0.3 is 10.0 Å². The van der Waals surface area contributed by atoms with E-state index in [0.29, 0.717) is 37.5 Å². The molecule has 1 aliphatic heterocycles. The Morgan fingerprint density at radius 3 is 2.62 bits per heavy atom. The third kappa shape index (κ3) is 4.24. The summed E-state index contributed by atoms with van der Waals surface area (Å²) < 4.78 is 27.4. The van der Waals surface area contributed by atoms with E-state index in [1.54, 1.807) is 17.0 Å². The second kappa shape index (κ2) is 7.36. The number of carboxylic acid groups (broad SMARTS) is 1. The van der Waals surface area contributed by atoms with Crippen molar-refractivity contribution in [2.24, 2.45) is 17.8 Å². The van der Waals surface area contributed by atoms with E-state index >= 15 is 0 Å². The van der Waals surface area contributed by atoms with Crippen LogP contribution >= 0.6 is 0 Å². The van der Waals surface area contributed by atoms with Crippen molar-refractivity contribution in [1.29, 1.82) is 0 Å². The lowest BCUT2D eigenvalue weighted by Crippen LogP contribution is -2.45. The van der Waals surface area contributed by atoms with Gasteiger partial charge in [-0.3, -0.25) is 9.59 Å². The quantitative estimate of drug-likeness (QED) is 0.779. The fraction of sp³-hybridized carbons (Fsp3) is 0.556. The molecule has 142 valence electrons. The maximum atomic E-state index is 12.7. The smallest absolute Gasteiger partial charge is 0.306 e. The summed E-state index contributed by atoms with van der Waals surface area (Å²) >= 11 is 0. The van der Waals surface area contributed by atoms with Gasteiger partial charge in [0, 0.05) is 25.2 Å². The number of hydrogen-bond donors (Lipinski definition) is 2. The van der Waals surface area contributed by atoms with Crippen LogP contribution in [-0.2, 0) is 14.8 Å². The van der Waals surface area contributed by atoms with Crippen molar-refractivity contribution in [3.8, 4) is 0 Å². The summed E-state index contributed by atoms with van der Waals surface area (Å²) in [4.78, 5) is 25.6. The highest BCUT2D eigenvalue weighted by Crippen LogP contribution is 2.28. The Balaban J connectivity index is 1.71. The highest BCUT2D eigenvalue weighted by Gasteiger charge is 2.33. The third-order valence-electron chi connectivity index (χ3n) is 5.16. The van der Waals surface area contributed by atoms with Crippen LogP contribution in [0.5, 0.6) is 0 Å². The zero-order chi connectivity index (χ0) is 18.9. The lowest BCUT2D eigenvalue weighted by Gasteiger charge is -2.35. The number of nitrogens with one attached hydrogen (secondary N) is 1. The number of rotatable bonds is 6. The van der Waals surface area contributed by atoms with Gasteiger partial charge in [-0.2, -0.15) is 0 Å². The van der Waals surface area contributed by atoms with E-state index in [4.69, 9.17) is 0 Å². The lowest BCUT2D eigenvalue weighted by atomic mass is 9.87. The molecule has 2 aliphatic rings. The topological polar surface area (TPSA) is 104 Å². The Labute approximate surface area is 153 Å². The van der Waals surface area contributed by atoms with Crippen LogP contribution in [0.4, 0.5) is 0 Å². The number of sulfonamides is 1. The molecule has 8 heteroatoms. The summed E-state index contributed by atoms with van der Waals surface area (Å²) in [7, 11) is -3.63. The zero-order valence-electron chi connectivity index (χ0n) is 14.7. The predicted molar refractivity (Wildman–Crippen MR) is 95.2 cm³/mol. The molecule has 1 saturated heterocycles. The van der Waals surface area contributed by atoms with Crippen LogP contribution in [0.25, 0.3) is 0 Å². The predicted octanol–water partition coefficient (Wildman–Crippen LogP) is 1.56. The monoisotopic (exact) mass is 380 g/mol. The molecule has 0 bridgehead atoms. The van der Waals surface area contributed by atoms with Crippen LogP contribution in [0.3, 0.4) is 0 Å². The van der Waals surface area contributed by atoms with Gasteiger partial charge in [-0.1, -0.05) is 13.0 Å². The van der Waals surface area contributed by atoms with Crippen LogP contribution in [0.1, 0.15) is 36.5 Å². The van der Waals surface area contributed by atoms with Crippen LogP contribution in [0, 0.1) is 17.8 Å². The van der Waals surface area contributed by atoms with Crippen molar-refractivity contribution >= 4 is 21.9 Å². The van der Waals surface area contributed by atoms with Gasteiger partial charge in [0.15, 0.2) is 0 Å². The second-order valence-electron chi connectivity index (χ2n) is 7.28. The summed E-state index contributed by atoms with van der Waals surface area (Å²) in [6, 6.07) is 6.03. The van der Waals surface area contributed by atoms with Gasteiger partial charge in [0.1, 0.15) is 0 Å². The third-order valence-corrected chi connectivity index (χ3v) is 6.58. The van der Waals surface area contributed by atoms with E-state index in [1.807, 2.05) is 6.92 Å².